The first kappa shape index (κ1) is 21.0. The number of hydrogen-bond acceptors (Lipinski definition) is 4. The maximum absolute atomic E-state index is 13.3. The number of carbonyl (C=O) groups excluding carboxylic acids is 2. The first-order valence-electron chi connectivity index (χ1n) is 8.73. The standard InChI is InChI=1S/C21H23FN2O4/c1-3-24(13-16-5-4-6-17(22)11-16)21(26)10-8-15-7-9-18(19(12-15)27-2)28-14-20(23)25/h4-12H,3,13-14H2,1-2H3,(H2,23,25)/b10-8+. The van der Waals surface area contributed by atoms with Crippen molar-refractivity contribution in [2.24, 2.45) is 5.73 Å². The van der Waals surface area contributed by atoms with Crippen LogP contribution < -0.4 is 15.2 Å². The second-order valence-electron chi connectivity index (χ2n) is 5.98. The van der Waals surface area contributed by atoms with E-state index in [1.807, 2.05) is 6.92 Å². The number of methoxy groups -OCH3 is 1. The fourth-order valence-electron chi connectivity index (χ4n) is 2.53. The Bertz CT molecular complexity index is 867. The summed E-state index contributed by atoms with van der Waals surface area (Å²) < 4.78 is 23.8. The summed E-state index contributed by atoms with van der Waals surface area (Å²) in [6.45, 7) is 2.41. The van der Waals surface area contributed by atoms with Gasteiger partial charge in [-0.15, -0.1) is 0 Å². The Kier molecular flexibility index (Phi) is 7.56. The van der Waals surface area contributed by atoms with Crippen molar-refractivity contribution in [3.05, 3.63) is 65.5 Å². The van der Waals surface area contributed by atoms with E-state index < -0.39 is 5.91 Å². The third-order valence-electron chi connectivity index (χ3n) is 3.93. The van der Waals surface area contributed by atoms with E-state index >= 15 is 0 Å². The zero-order chi connectivity index (χ0) is 20.5. The molecule has 0 saturated heterocycles. The lowest BCUT2D eigenvalue weighted by Crippen LogP contribution is -2.28. The maximum atomic E-state index is 13.3. The summed E-state index contributed by atoms with van der Waals surface area (Å²) in [4.78, 5) is 24.9. The summed E-state index contributed by atoms with van der Waals surface area (Å²) in [5.41, 5.74) is 6.51. The van der Waals surface area contributed by atoms with Gasteiger partial charge in [-0.3, -0.25) is 9.59 Å². The first-order chi connectivity index (χ1) is 13.4. The van der Waals surface area contributed by atoms with Crippen LogP contribution in [0.5, 0.6) is 11.5 Å². The van der Waals surface area contributed by atoms with Gasteiger partial charge in [0, 0.05) is 19.2 Å². The Hall–Kier alpha value is -3.35. The van der Waals surface area contributed by atoms with E-state index in [9.17, 15) is 14.0 Å². The molecule has 0 heterocycles. The number of rotatable bonds is 9. The number of halogens is 1. The Morgan fingerprint density at radius 1 is 1.18 bits per heavy atom. The number of benzene rings is 2. The highest BCUT2D eigenvalue weighted by Gasteiger charge is 2.10. The SMILES string of the molecule is CCN(Cc1cccc(F)c1)C(=O)/C=C/c1ccc(OCC(N)=O)c(OC)c1. The molecular formula is C21H23FN2O4. The van der Waals surface area contributed by atoms with Gasteiger partial charge in [0.15, 0.2) is 18.1 Å². The van der Waals surface area contributed by atoms with Crippen LogP contribution in [0, 0.1) is 5.82 Å². The average molecular weight is 386 g/mol. The quantitative estimate of drug-likeness (QED) is 0.672. The average Bonchev–Trinajstić information content (AvgIpc) is 2.68. The van der Waals surface area contributed by atoms with Crippen molar-refractivity contribution in [1.29, 1.82) is 0 Å². The van der Waals surface area contributed by atoms with Crippen LogP contribution in [-0.2, 0) is 16.1 Å². The minimum Gasteiger partial charge on any atom is -0.493 e. The summed E-state index contributed by atoms with van der Waals surface area (Å²) in [7, 11) is 1.48. The van der Waals surface area contributed by atoms with E-state index in [2.05, 4.69) is 0 Å². The van der Waals surface area contributed by atoms with Crippen LogP contribution in [0.25, 0.3) is 6.08 Å². The van der Waals surface area contributed by atoms with E-state index in [-0.39, 0.29) is 18.3 Å². The van der Waals surface area contributed by atoms with Gasteiger partial charge in [-0.05, 0) is 48.4 Å². The summed E-state index contributed by atoms with van der Waals surface area (Å²) in [6, 6.07) is 11.2. The van der Waals surface area contributed by atoms with Gasteiger partial charge in [0.25, 0.3) is 5.91 Å². The van der Waals surface area contributed by atoms with Gasteiger partial charge in [0.2, 0.25) is 5.91 Å². The molecule has 2 aromatic rings. The van der Waals surface area contributed by atoms with Gasteiger partial charge < -0.3 is 20.1 Å². The van der Waals surface area contributed by atoms with Crippen LogP contribution in [0.3, 0.4) is 0 Å². The Labute approximate surface area is 163 Å². The fourth-order valence-corrected chi connectivity index (χ4v) is 2.53. The smallest absolute Gasteiger partial charge is 0.255 e. The summed E-state index contributed by atoms with van der Waals surface area (Å²) in [5, 5.41) is 0. The molecule has 0 aromatic heterocycles. The van der Waals surface area contributed by atoms with Crippen LogP contribution in [0.2, 0.25) is 0 Å². The molecule has 28 heavy (non-hydrogen) atoms. The zero-order valence-corrected chi connectivity index (χ0v) is 15.9. The third kappa shape index (κ3) is 6.12. The lowest BCUT2D eigenvalue weighted by molar-refractivity contribution is -0.126. The number of likely N-dealkylation sites (N-methyl/N-ethyl adjacent to an activating group) is 1. The molecule has 148 valence electrons. The molecule has 0 radical (unpaired) electrons. The highest BCUT2D eigenvalue weighted by atomic mass is 19.1. The van der Waals surface area contributed by atoms with Crippen LogP contribution in [0.1, 0.15) is 18.1 Å². The molecule has 6 nitrogen and oxygen atoms in total. The van der Waals surface area contributed by atoms with Gasteiger partial charge in [-0.2, -0.15) is 0 Å². The molecule has 0 bridgehead atoms. The van der Waals surface area contributed by atoms with Crippen molar-refractivity contribution in [2.45, 2.75) is 13.5 Å². The molecular weight excluding hydrogens is 363 g/mol. The van der Waals surface area contributed by atoms with Gasteiger partial charge in [-0.1, -0.05) is 18.2 Å². The molecule has 0 aliphatic carbocycles. The zero-order valence-electron chi connectivity index (χ0n) is 15.9. The van der Waals surface area contributed by atoms with Crippen molar-refractivity contribution >= 4 is 17.9 Å². The largest absolute Gasteiger partial charge is 0.493 e. The lowest BCUT2D eigenvalue weighted by Gasteiger charge is -2.19. The minimum atomic E-state index is -0.588. The number of nitrogens with zero attached hydrogens (tertiary/aromatic N) is 1. The van der Waals surface area contributed by atoms with Crippen molar-refractivity contribution in [1.82, 2.24) is 4.90 Å². The highest BCUT2D eigenvalue weighted by molar-refractivity contribution is 5.91. The molecule has 0 atom stereocenters. The van der Waals surface area contributed by atoms with Gasteiger partial charge in [-0.25, -0.2) is 4.39 Å². The molecule has 0 spiro atoms. The van der Waals surface area contributed by atoms with Crippen LogP contribution in [0.4, 0.5) is 4.39 Å². The van der Waals surface area contributed by atoms with Gasteiger partial charge >= 0.3 is 0 Å². The summed E-state index contributed by atoms with van der Waals surface area (Å²) in [5.74, 6) is -0.314. The first-order valence-corrected chi connectivity index (χ1v) is 8.73. The highest BCUT2D eigenvalue weighted by Crippen LogP contribution is 2.28. The Morgan fingerprint density at radius 3 is 2.61 bits per heavy atom. The molecule has 2 N–H and O–H groups in total. The Morgan fingerprint density at radius 2 is 1.96 bits per heavy atom. The molecule has 0 aliphatic heterocycles. The molecule has 0 aliphatic rings. The van der Waals surface area contributed by atoms with Crippen molar-refractivity contribution in [3.8, 4) is 11.5 Å². The van der Waals surface area contributed by atoms with E-state index in [1.54, 1.807) is 41.3 Å². The summed E-state index contributed by atoms with van der Waals surface area (Å²) >= 11 is 0. The van der Waals surface area contributed by atoms with E-state index in [4.69, 9.17) is 15.2 Å². The predicted molar refractivity (Wildman–Crippen MR) is 104 cm³/mol. The number of amides is 2. The van der Waals surface area contributed by atoms with Crippen LogP contribution in [0.15, 0.2) is 48.5 Å². The number of ether oxygens (including phenoxy) is 2. The molecule has 7 heteroatoms. The molecule has 2 amide bonds. The molecule has 2 aromatic carbocycles. The summed E-state index contributed by atoms with van der Waals surface area (Å²) in [6.07, 6.45) is 3.10. The normalized spacial score (nSPS) is 10.7. The molecule has 0 unspecified atom stereocenters. The van der Waals surface area contributed by atoms with E-state index in [0.717, 1.165) is 11.1 Å². The molecule has 0 fully saturated rings. The second kappa shape index (κ2) is 10.1. The number of nitrogens with two attached hydrogens (primary N) is 1. The third-order valence-corrected chi connectivity index (χ3v) is 3.93. The maximum Gasteiger partial charge on any atom is 0.255 e. The predicted octanol–water partition coefficient (Wildman–Crippen LogP) is 2.76. The monoisotopic (exact) mass is 386 g/mol. The number of hydrogen-bond donors (Lipinski definition) is 1. The molecule has 0 saturated carbocycles. The fraction of sp³-hybridized carbons (Fsp3) is 0.238. The van der Waals surface area contributed by atoms with Gasteiger partial charge in [0.1, 0.15) is 5.82 Å². The van der Waals surface area contributed by atoms with Crippen molar-refractivity contribution < 1.29 is 23.5 Å². The van der Waals surface area contributed by atoms with Crippen LogP contribution >= 0.6 is 0 Å². The van der Waals surface area contributed by atoms with Crippen LogP contribution in [-0.4, -0.2) is 37.0 Å². The molecule has 2 rings (SSSR count). The number of carbonyl (C=O) groups is 2. The Balaban J connectivity index is 2.08. The second-order valence-corrected chi connectivity index (χ2v) is 5.98. The topological polar surface area (TPSA) is 81.9 Å². The van der Waals surface area contributed by atoms with Crippen molar-refractivity contribution in [2.75, 3.05) is 20.3 Å². The lowest BCUT2D eigenvalue weighted by atomic mass is 10.1. The minimum absolute atomic E-state index is 0.195. The van der Waals surface area contributed by atoms with E-state index in [0.29, 0.717) is 24.6 Å². The van der Waals surface area contributed by atoms with Gasteiger partial charge in [0.05, 0.1) is 7.11 Å². The van der Waals surface area contributed by atoms with E-state index in [1.165, 1.54) is 25.3 Å². The number of primary amides is 1. The van der Waals surface area contributed by atoms with Crippen molar-refractivity contribution in [3.63, 3.8) is 0 Å².